The molecule has 0 aliphatic carbocycles. The van der Waals surface area contributed by atoms with E-state index in [1.54, 1.807) is 23.7 Å². The van der Waals surface area contributed by atoms with Crippen LogP contribution in [0.4, 0.5) is 11.6 Å². The van der Waals surface area contributed by atoms with Gasteiger partial charge in [-0.05, 0) is 0 Å². The Bertz CT molecular complexity index is 397. The molecule has 15 heavy (non-hydrogen) atoms. The summed E-state index contributed by atoms with van der Waals surface area (Å²) in [6.45, 7) is 0.771. The Morgan fingerprint density at radius 2 is 2.07 bits per heavy atom. The van der Waals surface area contributed by atoms with Gasteiger partial charge in [-0.15, -0.1) is 11.3 Å². The zero-order chi connectivity index (χ0) is 10.5. The second-order valence-electron chi connectivity index (χ2n) is 3.00. The monoisotopic (exact) mass is 221 g/mol. The maximum atomic E-state index is 5.47. The van der Waals surface area contributed by atoms with Crippen LogP contribution in [0, 0.1) is 0 Å². The van der Waals surface area contributed by atoms with E-state index in [1.807, 2.05) is 10.9 Å². The molecule has 0 aliphatic rings. The van der Waals surface area contributed by atoms with Gasteiger partial charge in [-0.3, -0.25) is 0 Å². The van der Waals surface area contributed by atoms with E-state index in [2.05, 4.69) is 20.3 Å². The van der Waals surface area contributed by atoms with Crippen LogP contribution in [0.1, 0.15) is 5.69 Å². The Kier molecular flexibility index (Phi) is 3.08. The molecule has 0 fully saturated rings. The molecule has 5 nitrogen and oxygen atoms in total. The molecule has 0 spiro atoms. The van der Waals surface area contributed by atoms with Crippen molar-refractivity contribution in [2.24, 2.45) is 0 Å². The van der Waals surface area contributed by atoms with Gasteiger partial charge >= 0.3 is 0 Å². The van der Waals surface area contributed by atoms with Crippen molar-refractivity contribution < 1.29 is 0 Å². The molecule has 0 saturated carbocycles. The minimum absolute atomic E-state index is 0.569. The van der Waals surface area contributed by atoms with Gasteiger partial charge in [-0.25, -0.2) is 15.0 Å². The van der Waals surface area contributed by atoms with Gasteiger partial charge in [0, 0.05) is 18.3 Å². The van der Waals surface area contributed by atoms with Crippen molar-refractivity contribution in [2.75, 3.05) is 17.6 Å². The third-order valence-electron chi connectivity index (χ3n) is 1.82. The van der Waals surface area contributed by atoms with Crippen molar-refractivity contribution in [3.8, 4) is 0 Å². The summed E-state index contributed by atoms with van der Waals surface area (Å²) in [6, 6.07) is 0. The lowest BCUT2D eigenvalue weighted by molar-refractivity contribution is 0.954. The lowest BCUT2D eigenvalue weighted by Crippen LogP contribution is -2.08. The molecule has 78 valence electrons. The van der Waals surface area contributed by atoms with E-state index < -0.39 is 0 Å². The molecule has 2 aromatic rings. The summed E-state index contributed by atoms with van der Waals surface area (Å²) in [7, 11) is 0. The fraction of sp³-hybridized carbons (Fsp3) is 0.222. The molecule has 6 heteroatoms. The highest BCUT2D eigenvalue weighted by molar-refractivity contribution is 7.07. The molecular formula is C9H11N5S. The number of nitrogens with zero attached hydrogens (tertiary/aromatic N) is 3. The van der Waals surface area contributed by atoms with Gasteiger partial charge in [0.25, 0.3) is 0 Å². The molecule has 0 aliphatic heterocycles. The van der Waals surface area contributed by atoms with Crippen molar-refractivity contribution in [3.05, 3.63) is 29.0 Å². The summed E-state index contributed by atoms with van der Waals surface area (Å²) in [5.74, 6) is 0.597. The average Bonchev–Trinajstić information content (AvgIpc) is 2.74. The Hall–Kier alpha value is -1.69. The van der Waals surface area contributed by atoms with Crippen molar-refractivity contribution in [2.45, 2.75) is 6.42 Å². The molecule has 2 rings (SSSR count). The Balaban J connectivity index is 1.81. The van der Waals surface area contributed by atoms with Crippen LogP contribution in [0.3, 0.4) is 0 Å². The molecule has 0 bridgehead atoms. The molecule has 0 atom stereocenters. The molecule has 0 unspecified atom stereocenters. The van der Waals surface area contributed by atoms with Crippen LogP contribution >= 0.6 is 11.3 Å². The summed E-state index contributed by atoms with van der Waals surface area (Å²) in [5, 5.41) is 5.13. The molecule has 0 amide bonds. The molecule has 3 N–H and O–H groups in total. The van der Waals surface area contributed by atoms with Crippen LogP contribution in [-0.4, -0.2) is 21.5 Å². The highest BCUT2D eigenvalue weighted by atomic mass is 32.1. The largest absolute Gasteiger partial charge is 0.396 e. The van der Waals surface area contributed by atoms with E-state index >= 15 is 0 Å². The van der Waals surface area contributed by atoms with Crippen LogP contribution in [0.5, 0.6) is 0 Å². The van der Waals surface area contributed by atoms with Gasteiger partial charge in [0.1, 0.15) is 0 Å². The molecule has 0 saturated heterocycles. The highest BCUT2D eigenvalue weighted by Crippen LogP contribution is 2.03. The standard InChI is InChI=1S/C9H11N5S/c10-7-3-12-9(13-4-7)11-2-1-8-5-15-6-14-8/h3-6H,1-2,10H2,(H,11,12,13). The third-order valence-corrected chi connectivity index (χ3v) is 2.45. The lowest BCUT2D eigenvalue weighted by Gasteiger charge is -2.02. The van der Waals surface area contributed by atoms with Gasteiger partial charge in [0.2, 0.25) is 5.95 Å². The molecule has 2 heterocycles. The summed E-state index contributed by atoms with van der Waals surface area (Å²) in [5.41, 5.74) is 8.96. The van der Waals surface area contributed by atoms with E-state index in [0.717, 1.165) is 18.7 Å². The maximum Gasteiger partial charge on any atom is 0.222 e. The zero-order valence-electron chi connectivity index (χ0n) is 8.05. The third kappa shape index (κ3) is 2.88. The first-order valence-electron chi connectivity index (χ1n) is 4.53. The number of nitrogen functional groups attached to an aromatic ring is 1. The molecular weight excluding hydrogens is 210 g/mol. The molecule has 2 aromatic heterocycles. The maximum absolute atomic E-state index is 5.47. The van der Waals surface area contributed by atoms with E-state index in [9.17, 15) is 0 Å². The number of nitrogens with one attached hydrogen (secondary N) is 1. The fourth-order valence-electron chi connectivity index (χ4n) is 1.09. The summed E-state index contributed by atoms with van der Waals surface area (Å²) in [6.07, 6.45) is 4.04. The predicted molar refractivity (Wildman–Crippen MR) is 60.8 cm³/mol. The second kappa shape index (κ2) is 4.70. The SMILES string of the molecule is Nc1cnc(NCCc2cscn2)nc1. The number of anilines is 2. The minimum Gasteiger partial charge on any atom is -0.396 e. The Labute approximate surface area is 91.4 Å². The lowest BCUT2D eigenvalue weighted by atomic mass is 10.3. The van der Waals surface area contributed by atoms with Crippen molar-refractivity contribution in [1.82, 2.24) is 15.0 Å². The van der Waals surface area contributed by atoms with Crippen LogP contribution in [0.25, 0.3) is 0 Å². The minimum atomic E-state index is 0.569. The summed E-state index contributed by atoms with van der Waals surface area (Å²) >= 11 is 1.60. The predicted octanol–water partition coefficient (Wildman–Crippen LogP) is 1.17. The smallest absolute Gasteiger partial charge is 0.222 e. The van der Waals surface area contributed by atoms with Gasteiger partial charge in [-0.2, -0.15) is 0 Å². The van der Waals surface area contributed by atoms with Crippen molar-refractivity contribution >= 4 is 23.0 Å². The summed E-state index contributed by atoms with van der Waals surface area (Å²) < 4.78 is 0. The highest BCUT2D eigenvalue weighted by Gasteiger charge is 1.97. The van der Waals surface area contributed by atoms with E-state index in [4.69, 9.17) is 5.73 Å². The number of thiazole rings is 1. The average molecular weight is 221 g/mol. The number of nitrogens with two attached hydrogens (primary N) is 1. The van der Waals surface area contributed by atoms with Gasteiger partial charge in [0.15, 0.2) is 0 Å². The first-order chi connectivity index (χ1) is 7.34. The van der Waals surface area contributed by atoms with Crippen molar-refractivity contribution in [3.63, 3.8) is 0 Å². The van der Waals surface area contributed by atoms with Gasteiger partial charge in [-0.1, -0.05) is 0 Å². The second-order valence-corrected chi connectivity index (χ2v) is 3.72. The Morgan fingerprint density at radius 3 is 2.73 bits per heavy atom. The van der Waals surface area contributed by atoms with Gasteiger partial charge < -0.3 is 11.1 Å². The number of rotatable bonds is 4. The first kappa shape index (κ1) is 9.85. The van der Waals surface area contributed by atoms with Crippen LogP contribution in [0.15, 0.2) is 23.3 Å². The quantitative estimate of drug-likeness (QED) is 0.810. The normalized spacial score (nSPS) is 10.1. The molecule has 0 aromatic carbocycles. The zero-order valence-corrected chi connectivity index (χ0v) is 8.87. The van der Waals surface area contributed by atoms with Gasteiger partial charge in [0.05, 0.1) is 29.3 Å². The van der Waals surface area contributed by atoms with Crippen LogP contribution < -0.4 is 11.1 Å². The van der Waals surface area contributed by atoms with Crippen molar-refractivity contribution in [1.29, 1.82) is 0 Å². The molecule has 0 radical (unpaired) electrons. The topological polar surface area (TPSA) is 76.7 Å². The number of aromatic nitrogens is 3. The fourth-order valence-corrected chi connectivity index (χ4v) is 1.69. The summed E-state index contributed by atoms with van der Waals surface area (Å²) in [4.78, 5) is 12.2. The Morgan fingerprint density at radius 1 is 1.27 bits per heavy atom. The number of hydrogen-bond acceptors (Lipinski definition) is 6. The van der Waals surface area contributed by atoms with Crippen LogP contribution in [0.2, 0.25) is 0 Å². The van der Waals surface area contributed by atoms with E-state index in [1.165, 1.54) is 0 Å². The van der Waals surface area contributed by atoms with E-state index in [-0.39, 0.29) is 0 Å². The van der Waals surface area contributed by atoms with E-state index in [0.29, 0.717) is 11.6 Å². The van der Waals surface area contributed by atoms with Crippen LogP contribution in [-0.2, 0) is 6.42 Å². The number of hydrogen-bond donors (Lipinski definition) is 2. The first-order valence-corrected chi connectivity index (χ1v) is 5.47.